The maximum Gasteiger partial charge on any atom is 0.163 e. The van der Waals surface area contributed by atoms with Crippen molar-refractivity contribution in [2.45, 2.75) is 64.6 Å². The summed E-state index contributed by atoms with van der Waals surface area (Å²) in [7, 11) is -1.55. The molecule has 0 radical (unpaired) electrons. The van der Waals surface area contributed by atoms with Gasteiger partial charge in [0.25, 0.3) is 0 Å². The molecule has 0 aromatic heterocycles. The summed E-state index contributed by atoms with van der Waals surface area (Å²) in [4.78, 5) is 13.0. The minimum atomic E-state index is -1.55. The predicted octanol–water partition coefficient (Wildman–Crippen LogP) is 7.43. The van der Waals surface area contributed by atoms with Gasteiger partial charge in [-0.2, -0.15) is 0 Å². The van der Waals surface area contributed by atoms with Crippen molar-refractivity contribution in [1.82, 2.24) is 0 Å². The van der Waals surface area contributed by atoms with E-state index < -0.39 is 8.07 Å². The Labute approximate surface area is 166 Å². The summed E-state index contributed by atoms with van der Waals surface area (Å²) in [6.07, 6.45) is 7.89. The summed E-state index contributed by atoms with van der Waals surface area (Å²) in [5.41, 5.74) is 2.09. The first-order chi connectivity index (χ1) is 12.9. The van der Waals surface area contributed by atoms with Crippen molar-refractivity contribution < 1.29 is 4.79 Å². The molecule has 2 aromatic rings. The first-order valence-electron chi connectivity index (χ1n) is 10.3. The number of hydrogen-bond acceptors (Lipinski definition) is 1. The van der Waals surface area contributed by atoms with Crippen molar-refractivity contribution in [3.05, 3.63) is 83.1 Å². The number of allylic oxidation sites excluding steroid dienone is 2. The molecule has 2 rings (SSSR count). The van der Waals surface area contributed by atoms with Crippen LogP contribution in [0.2, 0.25) is 19.6 Å². The normalized spacial score (nSPS) is 13.4. The number of carbonyl (C=O) groups is 1. The molecular weight excluding hydrogens is 344 g/mol. The van der Waals surface area contributed by atoms with Crippen molar-refractivity contribution in [3.8, 4) is 0 Å². The summed E-state index contributed by atoms with van der Waals surface area (Å²) >= 11 is 0. The Morgan fingerprint density at radius 1 is 0.926 bits per heavy atom. The first kappa shape index (κ1) is 21.4. The second-order valence-corrected chi connectivity index (χ2v) is 13.4. The third kappa shape index (κ3) is 6.62. The van der Waals surface area contributed by atoms with E-state index in [4.69, 9.17) is 0 Å². The van der Waals surface area contributed by atoms with Crippen LogP contribution in [0.3, 0.4) is 0 Å². The molecular formula is C25H34OSi. The average Bonchev–Trinajstić information content (AvgIpc) is 2.67. The molecule has 0 spiro atoms. The van der Waals surface area contributed by atoms with E-state index in [0.29, 0.717) is 6.42 Å². The van der Waals surface area contributed by atoms with Gasteiger partial charge >= 0.3 is 0 Å². The molecule has 1 unspecified atom stereocenters. The van der Waals surface area contributed by atoms with Crippen LogP contribution in [-0.4, -0.2) is 13.9 Å². The van der Waals surface area contributed by atoms with Gasteiger partial charge in [0.2, 0.25) is 0 Å². The summed E-state index contributed by atoms with van der Waals surface area (Å²) < 4.78 is 0. The third-order valence-corrected chi connectivity index (χ3v) is 7.39. The summed E-state index contributed by atoms with van der Waals surface area (Å²) in [6.45, 7) is 9.46. The molecule has 0 aliphatic rings. The maximum absolute atomic E-state index is 13.0. The van der Waals surface area contributed by atoms with Crippen molar-refractivity contribution in [3.63, 3.8) is 0 Å². The van der Waals surface area contributed by atoms with Gasteiger partial charge < -0.3 is 0 Å². The molecule has 2 heteroatoms. The van der Waals surface area contributed by atoms with Gasteiger partial charge in [-0.1, -0.05) is 111 Å². The zero-order chi connectivity index (χ0) is 19.7. The van der Waals surface area contributed by atoms with Crippen LogP contribution in [0.5, 0.6) is 0 Å². The van der Waals surface area contributed by atoms with Crippen molar-refractivity contribution >= 4 is 13.9 Å². The van der Waals surface area contributed by atoms with Gasteiger partial charge in [0, 0.05) is 17.9 Å². The standard InChI is InChI=1S/C25H34OSi/c1-5-6-7-14-19-25(27(2,3)4)23(21-15-10-8-11-16-21)20-24(26)22-17-12-9-13-18-22/h8-13,15-19,23H,5-7,14,20H2,1-4H3/b25-19-. The van der Waals surface area contributed by atoms with Gasteiger partial charge in [-0.05, 0) is 18.4 Å². The Morgan fingerprint density at radius 3 is 2.07 bits per heavy atom. The Hall–Kier alpha value is -1.93. The topological polar surface area (TPSA) is 17.1 Å². The number of benzene rings is 2. The molecule has 1 atom stereocenters. The predicted molar refractivity (Wildman–Crippen MR) is 120 cm³/mol. The lowest BCUT2D eigenvalue weighted by Crippen LogP contribution is -2.29. The SMILES string of the molecule is CCCCC/C=C(/C(CC(=O)c1ccccc1)c1ccccc1)[Si](C)(C)C. The molecule has 0 aliphatic heterocycles. The Bertz CT molecular complexity index is 726. The molecule has 0 aliphatic carbocycles. The minimum absolute atomic E-state index is 0.187. The number of carbonyl (C=O) groups excluding carboxylic acids is 1. The molecule has 0 saturated carbocycles. The highest BCUT2D eigenvalue weighted by atomic mass is 28.3. The van der Waals surface area contributed by atoms with Gasteiger partial charge in [-0.3, -0.25) is 4.79 Å². The second kappa shape index (κ2) is 10.4. The fourth-order valence-corrected chi connectivity index (χ4v) is 5.71. The molecule has 1 nitrogen and oxygen atoms in total. The number of hydrogen-bond donors (Lipinski definition) is 0. The van der Waals surface area contributed by atoms with Gasteiger partial charge in [-0.25, -0.2) is 0 Å². The van der Waals surface area contributed by atoms with E-state index in [9.17, 15) is 4.79 Å². The van der Waals surface area contributed by atoms with Crippen LogP contribution in [0.1, 0.15) is 60.9 Å². The van der Waals surface area contributed by atoms with Crippen molar-refractivity contribution in [2.24, 2.45) is 0 Å². The molecule has 0 fully saturated rings. The van der Waals surface area contributed by atoms with E-state index >= 15 is 0 Å². The van der Waals surface area contributed by atoms with E-state index in [1.165, 1.54) is 30.0 Å². The molecule has 0 bridgehead atoms. The molecule has 27 heavy (non-hydrogen) atoms. The summed E-state index contributed by atoms with van der Waals surface area (Å²) in [5, 5.41) is 1.52. The second-order valence-electron chi connectivity index (χ2n) is 8.36. The Morgan fingerprint density at radius 2 is 1.52 bits per heavy atom. The Kier molecular flexibility index (Phi) is 8.24. The van der Waals surface area contributed by atoms with Crippen molar-refractivity contribution in [2.75, 3.05) is 0 Å². The number of rotatable bonds is 10. The average molecular weight is 379 g/mol. The van der Waals surface area contributed by atoms with Crippen LogP contribution in [0, 0.1) is 0 Å². The van der Waals surface area contributed by atoms with E-state index in [-0.39, 0.29) is 11.7 Å². The number of Topliss-reactive ketones (excluding diaryl/α,β-unsaturated/α-hetero) is 1. The van der Waals surface area contributed by atoms with E-state index in [2.05, 4.69) is 63.0 Å². The molecule has 0 N–H and O–H groups in total. The third-order valence-electron chi connectivity index (χ3n) is 5.10. The van der Waals surface area contributed by atoms with Crippen molar-refractivity contribution in [1.29, 1.82) is 0 Å². The number of unbranched alkanes of at least 4 members (excludes halogenated alkanes) is 3. The van der Waals surface area contributed by atoms with Crippen LogP contribution >= 0.6 is 0 Å². The maximum atomic E-state index is 13.0. The largest absolute Gasteiger partial charge is 0.294 e. The fraction of sp³-hybridized carbons (Fsp3) is 0.400. The zero-order valence-corrected chi connectivity index (χ0v) is 18.4. The van der Waals surface area contributed by atoms with Crippen LogP contribution in [0.4, 0.5) is 0 Å². The monoisotopic (exact) mass is 378 g/mol. The van der Waals surface area contributed by atoms with Crippen LogP contribution < -0.4 is 0 Å². The fourth-order valence-electron chi connectivity index (χ4n) is 3.64. The quantitative estimate of drug-likeness (QED) is 0.239. The van der Waals surface area contributed by atoms with Gasteiger partial charge in [-0.15, -0.1) is 0 Å². The molecule has 0 amide bonds. The van der Waals surface area contributed by atoms with Crippen LogP contribution in [0.25, 0.3) is 0 Å². The van der Waals surface area contributed by atoms with E-state index in [1.54, 1.807) is 0 Å². The minimum Gasteiger partial charge on any atom is -0.294 e. The highest BCUT2D eigenvalue weighted by Crippen LogP contribution is 2.35. The summed E-state index contributed by atoms with van der Waals surface area (Å²) in [6, 6.07) is 20.3. The highest BCUT2D eigenvalue weighted by Gasteiger charge is 2.29. The van der Waals surface area contributed by atoms with Crippen LogP contribution in [0.15, 0.2) is 71.9 Å². The zero-order valence-electron chi connectivity index (χ0n) is 17.4. The highest BCUT2D eigenvalue weighted by molar-refractivity contribution is 6.83. The van der Waals surface area contributed by atoms with Gasteiger partial charge in [0.1, 0.15) is 0 Å². The number of ketones is 1. The van der Waals surface area contributed by atoms with E-state index in [1.807, 2.05) is 30.3 Å². The Balaban J connectivity index is 2.36. The first-order valence-corrected chi connectivity index (χ1v) is 13.8. The smallest absolute Gasteiger partial charge is 0.163 e. The summed E-state index contributed by atoms with van der Waals surface area (Å²) in [5.74, 6) is 0.425. The lowest BCUT2D eigenvalue weighted by Gasteiger charge is -2.30. The molecule has 0 saturated heterocycles. The van der Waals surface area contributed by atoms with E-state index in [0.717, 1.165) is 12.0 Å². The van der Waals surface area contributed by atoms with Gasteiger partial charge in [0.15, 0.2) is 5.78 Å². The molecule has 0 heterocycles. The lowest BCUT2D eigenvalue weighted by molar-refractivity contribution is 0.0978. The van der Waals surface area contributed by atoms with Gasteiger partial charge in [0.05, 0.1) is 8.07 Å². The van der Waals surface area contributed by atoms with Crippen LogP contribution in [-0.2, 0) is 0 Å². The molecule has 144 valence electrons. The lowest BCUT2D eigenvalue weighted by atomic mass is 9.90. The molecule has 2 aromatic carbocycles.